The second-order valence-electron chi connectivity index (χ2n) is 2.76. The maximum Gasteiger partial charge on any atom is 0.410 e. The van der Waals surface area contributed by atoms with E-state index in [1.54, 1.807) is 0 Å². The van der Waals surface area contributed by atoms with Crippen LogP contribution in [0.5, 0.6) is 0 Å². The van der Waals surface area contributed by atoms with E-state index in [0.29, 0.717) is 0 Å². The standard InChI is InChI=1S/C8H16N2O7/c1-15-5-16-7(13)9-4-10-8(14)17-6(2-11)3-12/h6,11-12H,2-5H2,1H3,(H,9,13)(H,10,14). The molecule has 0 radical (unpaired) electrons. The molecule has 9 nitrogen and oxygen atoms in total. The van der Waals surface area contributed by atoms with Crippen molar-refractivity contribution in [3.05, 3.63) is 0 Å². The van der Waals surface area contributed by atoms with Gasteiger partial charge in [0.25, 0.3) is 0 Å². The summed E-state index contributed by atoms with van der Waals surface area (Å²) in [4.78, 5) is 21.8. The van der Waals surface area contributed by atoms with Gasteiger partial charge in [-0.3, -0.25) is 0 Å². The molecule has 0 atom stereocenters. The Kier molecular flexibility index (Phi) is 8.74. The average Bonchev–Trinajstić information content (AvgIpc) is 2.33. The first-order chi connectivity index (χ1) is 8.13. The third-order valence-electron chi connectivity index (χ3n) is 1.45. The Balaban J connectivity index is 3.60. The van der Waals surface area contributed by atoms with Gasteiger partial charge in [-0.1, -0.05) is 0 Å². The van der Waals surface area contributed by atoms with Gasteiger partial charge in [-0.2, -0.15) is 0 Å². The monoisotopic (exact) mass is 252 g/mol. The summed E-state index contributed by atoms with van der Waals surface area (Å²) in [5, 5.41) is 21.6. The molecule has 0 aromatic heterocycles. The highest BCUT2D eigenvalue weighted by atomic mass is 16.7. The Labute approximate surface area is 97.6 Å². The number of amides is 2. The minimum absolute atomic E-state index is 0.201. The predicted molar refractivity (Wildman–Crippen MR) is 53.9 cm³/mol. The molecule has 0 saturated heterocycles. The number of hydrogen-bond donors (Lipinski definition) is 4. The molecule has 9 heteroatoms. The molecular formula is C8H16N2O7. The van der Waals surface area contributed by atoms with E-state index in [1.165, 1.54) is 7.11 Å². The zero-order valence-corrected chi connectivity index (χ0v) is 9.34. The topological polar surface area (TPSA) is 126 Å². The van der Waals surface area contributed by atoms with Crippen LogP contribution in [0.25, 0.3) is 0 Å². The summed E-state index contributed by atoms with van der Waals surface area (Å²) < 4.78 is 13.5. The largest absolute Gasteiger partial charge is 0.441 e. The molecule has 0 aliphatic carbocycles. The van der Waals surface area contributed by atoms with Gasteiger partial charge in [0.2, 0.25) is 0 Å². The van der Waals surface area contributed by atoms with Crippen molar-refractivity contribution < 1.29 is 34.0 Å². The fraction of sp³-hybridized carbons (Fsp3) is 0.750. The van der Waals surface area contributed by atoms with Gasteiger partial charge in [-0.25, -0.2) is 9.59 Å². The smallest absolute Gasteiger partial charge is 0.410 e. The maximum atomic E-state index is 11.0. The van der Waals surface area contributed by atoms with Crippen LogP contribution in [0, 0.1) is 0 Å². The predicted octanol–water partition coefficient (Wildman–Crippen LogP) is -1.65. The lowest BCUT2D eigenvalue weighted by atomic mass is 10.4. The highest BCUT2D eigenvalue weighted by molar-refractivity contribution is 5.70. The zero-order valence-electron chi connectivity index (χ0n) is 9.34. The minimum atomic E-state index is -0.990. The number of rotatable bonds is 7. The van der Waals surface area contributed by atoms with Crippen LogP contribution in [0.1, 0.15) is 0 Å². The Hall–Kier alpha value is -1.58. The van der Waals surface area contributed by atoms with E-state index in [9.17, 15) is 9.59 Å². The van der Waals surface area contributed by atoms with E-state index in [0.717, 1.165) is 0 Å². The third kappa shape index (κ3) is 8.25. The number of carbonyl (C=O) groups excluding carboxylic acids is 2. The lowest BCUT2D eigenvalue weighted by Gasteiger charge is -2.13. The van der Waals surface area contributed by atoms with Crippen LogP contribution in [0.2, 0.25) is 0 Å². The maximum absolute atomic E-state index is 11.0. The Morgan fingerprint density at radius 1 is 1.18 bits per heavy atom. The summed E-state index contributed by atoms with van der Waals surface area (Å²) in [5.74, 6) is 0. The van der Waals surface area contributed by atoms with Crippen molar-refractivity contribution in [2.75, 3.05) is 33.8 Å². The summed E-state index contributed by atoms with van der Waals surface area (Å²) >= 11 is 0. The molecule has 0 aromatic rings. The van der Waals surface area contributed by atoms with Crippen LogP contribution in [-0.4, -0.2) is 62.3 Å². The van der Waals surface area contributed by atoms with Gasteiger partial charge >= 0.3 is 12.2 Å². The van der Waals surface area contributed by atoms with Crippen molar-refractivity contribution in [2.24, 2.45) is 0 Å². The second-order valence-corrected chi connectivity index (χ2v) is 2.76. The summed E-state index contributed by atoms with van der Waals surface area (Å²) in [7, 11) is 1.35. The molecule has 0 fully saturated rings. The van der Waals surface area contributed by atoms with Crippen molar-refractivity contribution in [1.29, 1.82) is 0 Å². The van der Waals surface area contributed by atoms with Gasteiger partial charge in [0.1, 0.15) is 6.10 Å². The number of nitrogens with one attached hydrogen (secondary N) is 2. The molecule has 0 rings (SSSR count). The van der Waals surface area contributed by atoms with Crippen molar-refractivity contribution >= 4 is 12.2 Å². The highest BCUT2D eigenvalue weighted by Crippen LogP contribution is 1.89. The van der Waals surface area contributed by atoms with E-state index in [2.05, 4.69) is 24.8 Å². The lowest BCUT2D eigenvalue weighted by Crippen LogP contribution is -2.40. The first-order valence-corrected chi connectivity index (χ1v) is 4.69. The van der Waals surface area contributed by atoms with Gasteiger partial charge in [-0.05, 0) is 0 Å². The van der Waals surface area contributed by atoms with E-state index in [1.807, 2.05) is 0 Å². The van der Waals surface area contributed by atoms with Gasteiger partial charge in [0, 0.05) is 7.11 Å². The summed E-state index contributed by atoms with van der Waals surface area (Å²) in [6.07, 6.45) is -2.64. The number of hydrogen-bond acceptors (Lipinski definition) is 7. The zero-order chi connectivity index (χ0) is 13.1. The first kappa shape index (κ1) is 15.4. The first-order valence-electron chi connectivity index (χ1n) is 4.69. The quantitative estimate of drug-likeness (QED) is 0.400. The minimum Gasteiger partial charge on any atom is -0.441 e. The van der Waals surface area contributed by atoms with Gasteiger partial charge in [0.15, 0.2) is 6.79 Å². The van der Waals surface area contributed by atoms with Crippen LogP contribution in [0.15, 0.2) is 0 Å². The van der Waals surface area contributed by atoms with Crippen LogP contribution in [0.3, 0.4) is 0 Å². The number of methoxy groups -OCH3 is 1. The van der Waals surface area contributed by atoms with Crippen molar-refractivity contribution in [2.45, 2.75) is 6.10 Å². The fourth-order valence-electron chi connectivity index (χ4n) is 0.677. The van der Waals surface area contributed by atoms with Crippen molar-refractivity contribution in [3.8, 4) is 0 Å². The fourth-order valence-corrected chi connectivity index (χ4v) is 0.677. The van der Waals surface area contributed by atoms with Gasteiger partial charge < -0.3 is 35.1 Å². The molecule has 100 valence electrons. The molecular weight excluding hydrogens is 236 g/mol. The van der Waals surface area contributed by atoms with Crippen molar-refractivity contribution in [3.63, 3.8) is 0 Å². The van der Waals surface area contributed by atoms with E-state index < -0.39 is 31.5 Å². The molecule has 4 N–H and O–H groups in total. The van der Waals surface area contributed by atoms with Crippen molar-refractivity contribution in [1.82, 2.24) is 10.6 Å². The summed E-state index contributed by atoms with van der Waals surface area (Å²) in [6.45, 7) is -1.40. The van der Waals surface area contributed by atoms with Crippen LogP contribution >= 0.6 is 0 Å². The molecule has 0 heterocycles. The Bertz CT molecular complexity index is 232. The second kappa shape index (κ2) is 9.63. The molecule has 17 heavy (non-hydrogen) atoms. The van der Waals surface area contributed by atoms with Crippen LogP contribution in [0.4, 0.5) is 9.59 Å². The molecule has 0 bridgehead atoms. The third-order valence-corrected chi connectivity index (χ3v) is 1.45. The molecule has 0 spiro atoms. The van der Waals surface area contributed by atoms with E-state index >= 15 is 0 Å². The molecule has 0 unspecified atom stereocenters. The average molecular weight is 252 g/mol. The van der Waals surface area contributed by atoms with Gasteiger partial charge in [0.05, 0.1) is 19.9 Å². The number of aliphatic hydroxyl groups is 2. The highest BCUT2D eigenvalue weighted by Gasteiger charge is 2.11. The van der Waals surface area contributed by atoms with Crippen LogP contribution in [-0.2, 0) is 14.2 Å². The van der Waals surface area contributed by atoms with E-state index in [-0.39, 0.29) is 13.5 Å². The van der Waals surface area contributed by atoms with Gasteiger partial charge in [-0.15, -0.1) is 0 Å². The summed E-state index contributed by atoms with van der Waals surface area (Å²) in [5.41, 5.74) is 0. The Morgan fingerprint density at radius 2 is 1.76 bits per heavy atom. The van der Waals surface area contributed by atoms with Crippen LogP contribution < -0.4 is 10.6 Å². The molecule has 2 amide bonds. The number of ether oxygens (including phenoxy) is 3. The SMILES string of the molecule is COCOC(=O)NCNC(=O)OC(CO)CO. The van der Waals surface area contributed by atoms with E-state index in [4.69, 9.17) is 10.2 Å². The molecule has 0 aliphatic heterocycles. The molecule has 0 saturated carbocycles. The summed E-state index contributed by atoms with van der Waals surface area (Å²) in [6, 6.07) is 0. The number of carbonyl (C=O) groups is 2. The number of aliphatic hydroxyl groups excluding tert-OH is 2. The molecule has 0 aliphatic rings. The Morgan fingerprint density at radius 3 is 2.29 bits per heavy atom. The normalized spacial score (nSPS) is 9.88. The lowest BCUT2D eigenvalue weighted by molar-refractivity contribution is 0.0109. The molecule has 0 aromatic carbocycles. The number of alkyl carbamates (subject to hydrolysis) is 2.